The molecule has 1 amide bonds. The van der Waals surface area contributed by atoms with Crippen molar-refractivity contribution >= 4 is 11.9 Å². The van der Waals surface area contributed by atoms with Gasteiger partial charge >= 0.3 is 5.97 Å². The van der Waals surface area contributed by atoms with Crippen LogP contribution in [0, 0.1) is 0 Å². The quantitative estimate of drug-likeness (QED) is 0.731. The third-order valence-electron chi connectivity index (χ3n) is 5.13. The lowest BCUT2D eigenvalue weighted by molar-refractivity contribution is -0.153. The van der Waals surface area contributed by atoms with Gasteiger partial charge in [-0.25, -0.2) is 4.79 Å². The molecule has 0 bridgehead atoms. The average Bonchev–Trinajstić information content (AvgIpc) is 3.05. The number of esters is 1. The molecule has 1 aliphatic rings. The predicted octanol–water partition coefficient (Wildman–Crippen LogP) is 3.70. The summed E-state index contributed by atoms with van der Waals surface area (Å²) in [6.07, 6.45) is 0.300. The van der Waals surface area contributed by atoms with Gasteiger partial charge in [0.05, 0.1) is 19.8 Å². The van der Waals surface area contributed by atoms with Gasteiger partial charge in [0.15, 0.2) is 0 Å². The Morgan fingerprint density at radius 3 is 2.41 bits per heavy atom. The lowest BCUT2D eigenvalue weighted by atomic mass is 9.91. The van der Waals surface area contributed by atoms with Gasteiger partial charge in [0.25, 0.3) is 0 Å². The Hall–Kier alpha value is -2.82. The maximum absolute atomic E-state index is 12.9. The first-order chi connectivity index (χ1) is 13.1. The molecule has 142 valence electrons. The second-order valence-electron chi connectivity index (χ2n) is 6.67. The summed E-state index contributed by atoms with van der Waals surface area (Å²) in [7, 11) is 1.61. The fourth-order valence-electron chi connectivity index (χ4n) is 3.76. The summed E-state index contributed by atoms with van der Waals surface area (Å²) in [5.41, 5.74) is 1.93. The van der Waals surface area contributed by atoms with Crippen LogP contribution in [-0.4, -0.2) is 36.5 Å². The highest BCUT2D eigenvalue weighted by molar-refractivity contribution is 5.90. The van der Waals surface area contributed by atoms with E-state index in [0.717, 1.165) is 16.9 Å². The van der Waals surface area contributed by atoms with E-state index in [4.69, 9.17) is 9.47 Å². The van der Waals surface area contributed by atoms with Crippen LogP contribution in [0.15, 0.2) is 54.6 Å². The van der Waals surface area contributed by atoms with E-state index in [9.17, 15) is 9.59 Å². The van der Waals surface area contributed by atoms with Crippen molar-refractivity contribution in [2.45, 2.75) is 38.3 Å². The minimum atomic E-state index is -0.628. The Morgan fingerprint density at radius 2 is 1.81 bits per heavy atom. The van der Waals surface area contributed by atoms with Crippen molar-refractivity contribution < 1.29 is 19.1 Å². The molecule has 1 fully saturated rings. The third-order valence-corrected chi connectivity index (χ3v) is 5.13. The molecule has 27 heavy (non-hydrogen) atoms. The number of carbonyl (C=O) groups is 2. The summed E-state index contributed by atoms with van der Waals surface area (Å²) < 4.78 is 10.5. The molecular weight excluding hydrogens is 342 g/mol. The normalized spacial score (nSPS) is 20.4. The average molecular weight is 367 g/mol. The van der Waals surface area contributed by atoms with E-state index in [2.05, 4.69) is 0 Å². The Balaban J connectivity index is 1.95. The summed E-state index contributed by atoms with van der Waals surface area (Å²) in [5, 5.41) is 0. The molecule has 0 N–H and O–H groups in total. The summed E-state index contributed by atoms with van der Waals surface area (Å²) in [6.45, 7) is 4.01. The number of methoxy groups -OCH3 is 1. The lowest BCUT2D eigenvalue weighted by Gasteiger charge is -2.32. The first-order valence-corrected chi connectivity index (χ1v) is 9.23. The SMILES string of the molecule is CCOC(=O)C1C(c2ccccc2)CC(=O)N1[C@@H](C)c1ccc(OC)cc1. The Labute approximate surface area is 159 Å². The van der Waals surface area contributed by atoms with E-state index < -0.39 is 6.04 Å². The second-order valence-corrected chi connectivity index (χ2v) is 6.67. The van der Waals surface area contributed by atoms with Crippen LogP contribution in [-0.2, 0) is 14.3 Å². The molecule has 2 unspecified atom stereocenters. The van der Waals surface area contributed by atoms with Gasteiger partial charge in [-0.2, -0.15) is 0 Å². The number of likely N-dealkylation sites (tertiary alicyclic amines) is 1. The highest BCUT2D eigenvalue weighted by atomic mass is 16.5. The molecule has 3 rings (SSSR count). The van der Waals surface area contributed by atoms with Gasteiger partial charge in [0.1, 0.15) is 11.8 Å². The molecule has 5 heteroatoms. The number of hydrogen-bond acceptors (Lipinski definition) is 4. The van der Waals surface area contributed by atoms with Crippen LogP contribution in [0.1, 0.15) is 43.4 Å². The van der Waals surface area contributed by atoms with Crippen LogP contribution in [0.4, 0.5) is 0 Å². The van der Waals surface area contributed by atoms with Gasteiger partial charge in [0, 0.05) is 12.3 Å². The fourth-order valence-corrected chi connectivity index (χ4v) is 3.76. The summed E-state index contributed by atoms with van der Waals surface area (Å²) in [6, 6.07) is 16.4. The molecular formula is C22H25NO4. The third kappa shape index (κ3) is 3.82. The molecule has 1 aliphatic heterocycles. The number of hydrogen-bond donors (Lipinski definition) is 0. The molecule has 0 aromatic heterocycles. The lowest BCUT2D eigenvalue weighted by Crippen LogP contribution is -2.43. The second kappa shape index (κ2) is 8.25. The molecule has 2 aromatic rings. The van der Waals surface area contributed by atoms with Gasteiger partial charge in [-0.15, -0.1) is 0 Å². The van der Waals surface area contributed by atoms with E-state index in [1.54, 1.807) is 18.9 Å². The van der Waals surface area contributed by atoms with Crippen molar-refractivity contribution in [3.63, 3.8) is 0 Å². The largest absolute Gasteiger partial charge is 0.497 e. The summed E-state index contributed by atoms with van der Waals surface area (Å²) >= 11 is 0. The number of amides is 1. The number of benzene rings is 2. The van der Waals surface area contributed by atoms with E-state index in [1.807, 2.05) is 61.5 Å². The molecule has 2 aromatic carbocycles. The van der Waals surface area contributed by atoms with Crippen LogP contribution in [0.3, 0.4) is 0 Å². The van der Waals surface area contributed by atoms with Crippen molar-refractivity contribution in [2.75, 3.05) is 13.7 Å². The standard InChI is InChI=1S/C22H25NO4/c1-4-27-22(25)21-19(17-8-6-5-7-9-17)14-20(24)23(21)15(2)16-10-12-18(26-3)13-11-16/h5-13,15,19,21H,4,14H2,1-3H3/t15-,19?,21?/m0/s1. The van der Waals surface area contributed by atoms with E-state index in [0.29, 0.717) is 6.42 Å². The summed E-state index contributed by atoms with van der Waals surface area (Å²) in [4.78, 5) is 27.4. The number of nitrogens with zero attached hydrogens (tertiary/aromatic N) is 1. The maximum atomic E-state index is 12.9. The zero-order valence-corrected chi connectivity index (χ0v) is 15.9. The monoisotopic (exact) mass is 367 g/mol. The topological polar surface area (TPSA) is 55.8 Å². The first-order valence-electron chi connectivity index (χ1n) is 9.23. The van der Waals surface area contributed by atoms with E-state index in [-0.39, 0.29) is 30.4 Å². The first kappa shape index (κ1) is 19.0. The minimum absolute atomic E-state index is 0.0368. The number of rotatable bonds is 6. The molecule has 0 saturated carbocycles. The van der Waals surface area contributed by atoms with Gasteiger partial charge in [-0.05, 0) is 37.1 Å². The fraction of sp³-hybridized carbons (Fsp3) is 0.364. The zero-order chi connectivity index (χ0) is 19.4. The molecule has 1 saturated heterocycles. The molecule has 0 radical (unpaired) electrons. The molecule has 0 aliphatic carbocycles. The Kier molecular flexibility index (Phi) is 5.79. The summed E-state index contributed by atoms with van der Waals surface area (Å²) in [5.74, 6) is 0.157. The molecule has 5 nitrogen and oxygen atoms in total. The van der Waals surface area contributed by atoms with Gasteiger partial charge < -0.3 is 14.4 Å². The van der Waals surface area contributed by atoms with Crippen LogP contribution in [0.2, 0.25) is 0 Å². The Morgan fingerprint density at radius 1 is 1.15 bits per heavy atom. The van der Waals surface area contributed by atoms with E-state index >= 15 is 0 Å². The molecule has 0 spiro atoms. The van der Waals surface area contributed by atoms with Crippen LogP contribution in [0.5, 0.6) is 5.75 Å². The highest BCUT2D eigenvalue weighted by Crippen LogP contribution is 2.40. The predicted molar refractivity (Wildman–Crippen MR) is 102 cm³/mol. The Bertz CT molecular complexity index is 788. The van der Waals surface area contributed by atoms with Crippen molar-refractivity contribution in [3.05, 3.63) is 65.7 Å². The van der Waals surface area contributed by atoms with Crippen LogP contribution in [0.25, 0.3) is 0 Å². The van der Waals surface area contributed by atoms with Crippen LogP contribution >= 0.6 is 0 Å². The van der Waals surface area contributed by atoms with Crippen LogP contribution < -0.4 is 4.74 Å². The maximum Gasteiger partial charge on any atom is 0.329 e. The van der Waals surface area contributed by atoms with Crippen molar-refractivity contribution in [1.82, 2.24) is 4.90 Å². The van der Waals surface area contributed by atoms with Gasteiger partial charge in [-0.1, -0.05) is 42.5 Å². The molecule has 3 atom stereocenters. The van der Waals surface area contributed by atoms with Crippen molar-refractivity contribution in [1.29, 1.82) is 0 Å². The number of carbonyl (C=O) groups excluding carboxylic acids is 2. The molecule has 1 heterocycles. The highest BCUT2D eigenvalue weighted by Gasteiger charge is 2.47. The van der Waals surface area contributed by atoms with E-state index in [1.165, 1.54) is 0 Å². The van der Waals surface area contributed by atoms with Crippen molar-refractivity contribution in [2.24, 2.45) is 0 Å². The van der Waals surface area contributed by atoms with Crippen molar-refractivity contribution in [3.8, 4) is 5.75 Å². The number of ether oxygens (including phenoxy) is 2. The van der Waals surface area contributed by atoms with Gasteiger partial charge in [-0.3, -0.25) is 4.79 Å². The smallest absolute Gasteiger partial charge is 0.329 e. The van der Waals surface area contributed by atoms with Gasteiger partial charge in [0.2, 0.25) is 5.91 Å². The zero-order valence-electron chi connectivity index (χ0n) is 15.9. The minimum Gasteiger partial charge on any atom is -0.497 e.